The van der Waals surface area contributed by atoms with Gasteiger partial charge in [0.25, 0.3) is 5.91 Å². The molecule has 0 bridgehead atoms. The second-order valence-corrected chi connectivity index (χ2v) is 5.61. The Bertz CT molecular complexity index is 535. The van der Waals surface area contributed by atoms with E-state index in [2.05, 4.69) is 10.3 Å². The van der Waals surface area contributed by atoms with Crippen LogP contribution in [0, 0.1) is 5.92 Å². The van der Waals surface area contributed by atoms with E-state index in [0.717, 1.165) is 19.3 Å². The molecule has 0 radical (unpaired) electrons. The molecule has 1 aliphatic rings. The van der Waals surface area contributed by atoms with E-state index >= 15 is 0 Å². The van der Waals surface area contributed by atoms with Gasteiger partial charge in [-0.15, -0.1) is 0 Å². The summed E-state index contributed by atoms with van der Waals surface area (Å²) in [5.74, 6) is -1.60. The van der Waals surface area contributed by atoms with Crippen molar-refractivity contribution in [2.24, 2.45) is 5.92 Å². The highest BCUT2D eigenvalue weighted by molar-refractivity contribution is 6.29. The van der Waals surface area contributed by atoms with Crippen molar-refractivity contribution < 1.29 is 14.7 Å². The average Bonchev–Trinajstić information content (AvgIpc) is 2.41. The van der Waals surface area contributed by atoms with Gasteiger partial charge in [0.05, 0.1) is 0 Å². The Balaban J connectivity index is 2.24. The molecule has 0 spiro atoms. The highest BCUT2D eigenvalue weighted by Crippen LogP contribution is 2.34. The molecular formula is C14H17ClN2O3. The zero-order chi connectivity index (χ0) is 14.8. The zero-order valence-corrected chi connectivity index (χ0v) is 12.0. The van der Waals surface area contributed by atoms with Gasteiger partial charge in [-0.05, 0) is 30.9 Å². The summed E-state index contributed by atoms with van der Waals surface area (Å²) in [5.41, 5.74) is -1.07. The topological polar surface area (TPSA) is 79.3 Å². The number of rotatable bonds is 3. The summed E-state index contributed by atoms with van der Waals surface area (Å²) in [6, 6.07) is 4.70. The molecule has 1 heterocycles. The minimum absolute atomic E-state index is 0.114. The van der Waals surface area contributed by atoms with Crippen molar-refractivity contribution in [3.05, 3.63) is 29.0 Å². The van der Waals surface area contributed by atoms with E-state index in [-0.39, 0.29) is 16.8 Å². The molecule has 20 heavy (non-hydrogen) atoms. The summed E-state index contributed by atoms with van der Waals surface area (Å²) < 4.78 is 0. The second kappa shape index (κ2) is 5.79. The Labute approximate surface area is 122 Å². The number of halogens is 1. The minimum atomic E-state index is -1.21. The summed E-state index contributed by atoms with van der Waals surface area (Å²) in [6.07, 6.45) is 3.01. The van der Waals surface area contributed by atoms with Crippen LogP contribution in [0.25, 0.3) is 0 Å². The van der Waals surface area contributed by atoms with Crippen LogP contribution >= 0.6 is 11.6 Å². The van der Waals surface area contributed by atoms with Crippen LogP contribution in [0.3, 0.4) is 0 Å². The highest BCUT2D eigenvalue weighted by atomic mass is 35.5. The van der Waals surface area contributed by atoms with Crippen molar-refractivity contribution in [3.63, 3.8) is 0 Å². The van der Waals surface area contributed by atoms with Crippen LogP contribution in [0.1, 0.15) is 43.1 Å². The van der Waals surface area contributed by atoms with Crippen molar-refractivity contribution in [1.82, 2.24) is 10.3 Å². The van der Waals surface area contributed by atoms with Crippen LogP contribution in [0.5, 0.6) is 0 Å². The van der Waals surface area contributed by atoms with Crippen molar-refractivity contribution in [2.75, 3.05) is 0 Å². The molecule has 1 amide bonds. The first-order valence-electron chi connectivity index (χ1n) is 6.64. The maximum absolute atomic E-state index is 12.2. The van der Waals surface area contributed by atoms with Gasteiger partial charge < -0.3 is 10.4 Å². The predicted octanol–water partition coefficient (Wildman–Crippen LogP) is 2.50. The molecule has 6 heteroatoms. The lowest BCUT2D eigenvalue weighted by molar-refractivity contribution is -0.148. The summed E-state index contributed by atoms with van der Waals surface area (Å²) in [7, 11) is 0. The van der Waals surface area contributed by atoms with E-state index in [0.29, 0.717) is 6.42 Å². The number of nitrogens with zero attached hydrogens (tertiary/aromatic N) is 1. The van der Waals surface area contributed by atoms with Crippen molar-refractivity contribution >= 4 is 23.5 Å². The maximum Gasteiger partial charge on any atom is 0.329 e. The number of nitrogens with one attached hydrogen (secondary N) is 1. The van der Waals surface area contributed by atoms with Crippen LogP contribution in [0.15, 0.2) is 18.2 Å². The monoisotopic (exact) mass is 296 g/mol. The van der Waals surface area contributed by atoms with Crippen LogP contribution < -0.4 is 5.32 Å². The fraction of sp³-hybridized carbons (Fsp3) is 0.500. The van der Waals surface area contributed by atoms with Gasteiger partial charge in [0, 0.05) is 0 Å². The molecule has 2 rings (SSSR count). The first-order valence-corrected chi connectivity index (χ1v) is 7.02. The Kier molecular flexibility index (Phi) is 4.28. The molecule has 1 aromatic heterocycles. The van der Waals surface area contributed by atoms with Crippen molar-refractivity contribution in [2.45, 2.75) is 38.1 Å². The SMILES string of the molecule is CC1CCCCC1(NC(=O)c1cccc(Cl)n1)C(=O)O. The van der Waals surface area contributed by atoms with E-state index in [9.17, 15) is 14.7 Å². The Hall–Kier alpha value is -1.62. The Morgan fingerprint density at radius 3 is 2.80 bits per heavy atom. The molecular weight excluding hydrogens is 280 g/mol. The molecule has 0 aliphatic heterocycles. The van der Waals surface area contributed by atoms with E-state index in [1.165, 1.54) is 6.07 Å². The lowest BCUT2D eigenvalue weighted by Crippen LogP contribution is -2.60. The molecule has 5 nitrogen and oxygen atoms in total. The van der Waals surface area contributed by atoms with Crippen molar-refractivity contribution in [1.29, 1.82) is 0 Å². The van der Waals surface area contributed by atoms with Gasteiger partial charge in [0.2, 0.25) is 0 Å². The Morgan fingerprint density at radius 2 is 2.20 bits per heavy atom. The van der Waals surface area contributed by atoms with Gasteiger partial charge in [0.1, 0.15) is 16.4 Å². The molecule has 0 saturated heterocycles. The molecule has 1 aromatic rings. The number of carbonyl (C=O) groups is 2. The van der Waals surface area contributed by atoms with E-state index in [4.69, 9.17) is 11.6 Å². The first kappa shape index (κ1) is 14.8. The standard InChI is InChI=1S/C14H17ClN2O3/c1-9-5-2-3-8-14(9,13(19)20)17-12(18)10-6-4-7-11(15)16-10/h4,6-7,9H,2-3,5,8H2,1H3,(H,17,18)(H,19,20). The molecule has 2 N–H and O–H groups in total. The second-order valence-electron chi connectivity index (χ2n) is 5.22. The molecule has 108 valence electrons. The van der Waals surface area contributed by atoms with E-state index in [1.807, 2.05) is 6.92 Å². The van der Waals surface area contributed by atoms with E-state index < -0.39 is 17.4 Å². The number of carboxylic acids is 1. The van der Waals surface area contributed by atoms with Gasteiger partial charge in [-0.3, -0.25) is 4.79 Å². The molecule has 2 unspecified atom stereocenters. The summed E-state index contributed by atoms with van der Waals surface area (Å²) in [4.78, 5) is 27.8. The van der Waals surface area contributed by atoms with Gasteiger partial charge in [-0.2, -0.15) is 0 Å². The summed E-state index contributed by atoms with van der Waals surface area (Å²) >= 11 is 5.75. The van der Waals surface area contributed by atoms with Gasteiger partial charge >= 0.3 is 5.97 Å². The smallest absolute Gasteiger partial charge is 0.329 e. The molecule has 1 aliphatic carbocycles. The van der Waals surface area contributed by atoms with Crippen LogP contribution in [0.4, 0.5) is 0 Å². The number of hydrogen-bond acceptors (Lipinski definition) is 3. The maximum atomic E-state index is 12.2. The summed E-state index contributed by atoms with van der Waals surface area (Å²) in [6.45, 7) is 1.86. The number of aromatic nitrogens is 1. The highest BCUT2D eigenvalue weighted by Gasteiger charge is 2.46. The third-order valence-corrected chi connectivity index (χ3v) is 4.18. The van der Waals surface area contributed by atoms with Crippen LogP contribution in [-0.4, -0.2) is 27.5 Å². The van der Waals surface area contributed by atoms with Gasteiger partial charge in [0.15, 0.2) is 0 Å². The first-order chi connectivity index (χ1) is 9.45. The van der Waals surface area contributed by atoms with Crippen molar-refractivity contribution in [3.8, 4) is 0 Å². The number of amides is 1. The number of aliphatic carboxylic acids is 1. The van der Waals surface area contributed by atoms with Crippen LogP contribution in [0.2, 0.25) is 5.15 Å². The van der Waals surface area contributed by atoms with Gasteiger partial charge in [-0.1, -0.05) is 37.4 Å². The number of carbonyl (C=O) groups excluding carboxylic acids is 1. The zero-order valence-electron chi connectivity index (χ0n) is 11.2. The van der Waals surface area contributed by atoms with Gasteiger partial charge in [-0.25, -0.2) is 9.78 Å². The lowest BCUT2D eigenvalue weighted by atomic mass is 9.73. The van der Waals surface area contributed by atoms with E-state index in [1.54, 1.807) is 12.1 Å². The third-order valence-electron chi connectivity index (χ3n) is 3.97. The number of pyridine rings is 1. The lowest BCUT2D eigenvalue weighted by Gasteiger charge is -2.39. The minimum Gasteiger partial charge on any atom is -0.479 e. The fourth-order valence-electron chi connectivity index (χ4n) is 2.71. The fourth-order valence-corrected chi connectivity index (χ4v) is 2.87. The normalized spacial score (nSPS) is 26.0. The summed E-state index contributed by atoms with van der Waals surface area (Å²) in [5, 5.41) is 12.4. The third kappa shape index (κ3) is 2.77. The average molecular weight is 297 g/mol. The Morgan fingerprint density at radius 1 is 1.45 bits per heavy atom. The molecule has 1 saturated carbocycles. The predicted molar refractivity (Wildman–Crippen MR) is 74.7 cm³/mol. The van der Waals surface area contributed by atoms with Crippen LogP contribution in [-0.2, 0) is 4.79 Å². The number of hydrogen-bond donors (Lipinski definition) is 2. The molecule has 2 atom stereocenters. The molecule has 1 fully saturated rings. The largest absolute Gasteiger partial charge is 0.479 e. The molecule has 0 aromatic carbocycles. The number of carboxylic acid groups (broad SMARTS) is 1. The quantitative estimate of drug-likeness (QED) is 0.840.